The maximum atomic E-state index is 9.55. The van der Waals surface area contributed by atoms with Gasteiger partial charge in [0.15, 0.2) is 0 Å². The summed E-state index contributed by atoms with van der Waals surface area (Å²) >= 11 is 0. The van der Waals surface area contributed by atoms with E-state index in [1.165, 1.54) is 0 Å². The van der Waals surface area contributed by atoms with Crippen molar-refractivity contribution in [1.29, 1.82) is 0 Å². The van der Waals surface area contributed by atoms with Crippen LogP contribution in [0, 0.1) is 0 Å². The number of carboxylic acids is 2. The molecule has 0 atom stereocenters. The Labute approximate surface area is 110 Å². The first-order valence-electron chi connectivity index (χ1n) is 1.77. The van der Waals surface area contributed by atoms with Crippen LogP contribution in [-0.4, -0.2) is 89.4 Å². The molecule has 0 aromatic heterocycles. The Morgan fingerprint density at radius 2 is 1.20 bits per heavy atom. The van der Waals surface area contributed by atoms with Crippen molar-refractivity contribution >= 4 is 79.2 Å². The van der Waals surface area contributed by atoms with Crippen LogP contribution in [-0.2, 0) is 9.59 Å². The topological polar surface area (TPSA) is 74.6 Å². The smallest absolute Gasteiger partial charge is 0.328 e. The molecule has 0 fully saturated rings. The van der Waals surface area contributed by atoms with Crippen molar-refractivity contribution in [3.8, 4) is 0 Å². The van der Waals surface area contributed by atoms with Gasteiger partial charge in [0.25, 0.3) is 0 Å². The minimum absolute atomic E-state index is 0. The van der Waals surface area contributed by atoms with Crippen molar-refractivity contribution < 1.29 is 19.8 Å². The van der Waals surface area contributed by atoms with Gasteiger partial charge in [-0.1, -0.05) is 0 Å². The maximum absolute atomic E-state index is 9.55. The predicted octanol–water partition coefficient (Wildman–Crippen LogP) is -1.05. The summed E-state index contributed by atoms with van der Waals surface area (Å²) in [7, 11) is 0. The summed E-state index contributed by atoms with van der Waals surface area (Å²) in [5.74, 6) is -2.51. The van der Waals surface area contributed by atoms with Gasteiger partial charge in [-0.05, 0) is 0 Å². The van der Waals surface area contributed by atoms with Crippen molar-refractivity contribution in [3.63, 3.8) is 0 Å². The molecule has 0 spiro atoms. The van der Waals surface area contributed by atoms with Crippen molar-refractivity contribution in [3.05, 3.63) is 12.2 Å². The van der Waals surface area contributed by atoms with Gasteiger partial charge >= 0.3 is 11.9 Å². The molecule has 0 bridgehead atoms. The molecule has 0 aromatic rings. The average Bonchev–Trinajstić information content (AvgIpc) is 1.61. The molecule has 0 saturated carbocycles. The zero-order valence-electron chi connectivity index (χ0n) is 5.57. The molecule has 6 heteroatoms. The van der Waals surface area contributed by atoms with Crippen LogP contribution < -0.4 is 0 Å². The SMILES string of the molecule is O=C(O)/C=C\C(=O)O.[Ca].[Na]. The fourth-order valence-corrected chi connectivity index (χ4v) is 0.143. The molecular formula is C4H4CaNaO4. The molecule has 0 unspecified atom stereocenters. The summed E-state index contributed by atoms with van der Waals surface area (Å²) < 4.78 is 0. The molecule has 0 aliphatic rings. The van der Waals surface area contributed by atoms with Gasteiger partial charge in [0, 0.05) is 79.4 Å². The molecule has 0 heterocycles. The van der Waals surface area contributed by atoms with E-state index >= 15 is 0 Å². The number of rotatable bonds is 2. The van der Waals surface area contributed by atoms with E-state index in [1.807, 2.05) is 0 Å². The van der Waals surface area contributed by atoms with Crippen molar-refractivity contribution in [2.45, 2.75) is 0 Å². The van der Waals surface area contributed by atoms with Gasteiger partial charge in [-0.15, -0.1) is 0 Å². The van der Waals surface area contributed by atoms with E-state index in [0.717, 1.165) is 0 Å². The number of hydrogen-bond acceptors (Lipinski definition) is 2. The zero-order chi connectivity index (χ0) is 6.57. The van der Waals surface area contributed by atoms with Crippen molar-refractivity contribution in [2.24, 2.45) is 0 Å². The summed E-state index contributed by atoms with van der Waals surface area (Å²) in [5.41, 5.74) is 0. The minimum Gasteiger partial charge on any atom is -0.478 e. The molecule has 47 valence electrons. The first kappa shape index (κ1) is 17.1. The largest absolute Gasteiger partial charge is 0.478 e. The summed E-state index contributed by atoms with van der Waals surface area (Å²) in [6.45, 7) is 0. The van der Waals surface area contributed by atoms with E-state index in [0.29, 0.717) is 12.2 Å². The van der Waals surface area contributed by atoms with Crippen LogP contribution in [0.3, 0.4) is 0 Å². The van der Waals surface area contributed by atoms with Crippen LogP contribution in [0.15, 0.2) is 12.2 Å². The van der Waals surface area contributed by atoms with E-state index in [4.69, 9.17) is 10.2 Å². The summed E-state index contributed by atoms with van der Waals surface area (Å²) in [6.07, 6.45) is 1.12. The molecule has 2 N–H and O–H groups in total. The van der Waals surface area contributed by atoms with Crippen LogP contribution in [0.5, 0.6) is 0 Å². The first-order chi connectivity index (χ1) is 3.63. The Hall–Kier alpha value is 0.940. The van der Waals surface area contributed by atoms with Crippen LogP contribution in [0.1, 0.15) is 0 Å². The van der Waals surface area contributed by atoms with Gasteiger partial charge in [0.1, 0.15) is 0 Å². The molecule has 0 aliphatic heterocycles. The molecular weight excluding hydrogens is 175 g/mol. The molecule has 10 heavy (non-hydrogen) atoms. The molecule has 0 saturated heterocycles. The molecule has 0 amide bonds. The Morgan fingerprint density at radius 3 is 1.30 bits per heavy atom. The van der Waals surface area contributed by atoms with Crippen LogP contribution >= 0.6 is 0 Å². The summed E-state index contributed by atoms with van der Waals surface area (Å²) in [5, 5.41) is 15.6. The fraction of sp³-hybridized carbons (Fsp3) is 0. The molecule has 3 radical (unpaired) electrons. The third-order valence-electron chi connectivity index (χ3n) is 0.368. The standard InChI is InChI=1S/C4H4O4.Ca.Na/c5-3(6)1-2-4(7)8;;/h1-2H,(H,5,6)(H,7,8);;/b2-1-;;. The van der Waals surface area contributed by atoms with Gasteiger partial charge in [0.2, 0.25) is 0 Å². The van der Waals surface area contributed by atoms with Gasteiger partial charge in [-0.2, -0.15) is 0 Å². The quantitative estimate of drug-likeness (QED) is 0.419. The van der Waals surface area contributed by atoms with Crippen molar-refractivity contribution in [1.82, 2.24) is 0 Å². The van der Waals surface area contributed by atoms with E-state index in [2.05, 4.69) is 0 Å². The predicted molar refractivity (Wildman–Crippen MR) is 35.9 cm³/mol. The summed E-state index contributed by atoms with van der Waals surface area (Å²) in [4.78, 5) is 19.1. The zero-order valence-corrected chi connectivity index (χ0v) is 9.78. The third-order valence-corrected chi connectivity index (χ3v) is 0.368. The Morgan fingerprint density at radius 1 is 1.00 bits per heavy atom. The third kappa shape index (κ3) is 16.0. The van der Waals surface area contributed by atoms with E-state index in [-0.39, 0.29) is 67.3 Å². The average molecular weight is 179 g/mol. The van der Waals surface area contributed by atoms with Gasteiger partial charge < -0.3 is 10.2 Å². The van der Waals surface area contributed by atoms with E-state index in [1.54, 1.807) is 0 Å². The fourth-order valence-electron chi connectivity index (χ4n) is 0.143. The number of aliphatic carboxylic acids is 2. The number of hydrogen-bond donors (Lipinski definition) is 2. The Bertz CT molecular complexity index is 128. The summed E-state index contributed by atoms with van der Waals surface area (Å²) in [6, 6.07) is 0. The van der Waals surface area contributed by atoms with Crippen LogP contribution in [0.25, 0.3) is 0 Å². The first-order valence-corrected chi connectivity index (χ1v) is 1.77. The second-order valence-corrected chi connectivity index (χ2v) is 1.01. The Balaban J connectivity index is -0.000000245. The Kier molecular flexibility index (Phi) is 17.0. The second-order valence-electron chi connectivity index (χ2n) is 1.01. The minimum atomic E-state index is -1.26. The van der Waals surface area contributed by atoms with Crippen molar-refractivity contribution in [2.75, 3.05) is 0 Å². The monoisotopic (exact) mass is 179 g/mol. The van der Waals surface area contributed by atoms with Crippen LogP contribution in [0.2, 0.25) is 0 Å². The maximum Gasteiger partial charge on any atom is 0.328 e. The van der Waals surface area contributed by atoms with Crippen LogP contribution in [0.4, 0.5) is 0 Å². The molecule has 0 rings (SSSR count). The number of carboxylic acid groups (broad SMARTS) is 2. The second kappa shape index (κ2) is 9.94. The van der Waals surface area contributed by atoms with Gasteiger partial charge in [-0.25, -0.2) is 9.59 Å². The van der Waals surface area contributed by atoms with E-state index in [9.17, 15) is 9.59 Å². The van der Waals surface area contributed by atoms with E-state index < -0.39 is 11.9 Å². The molecule has 0 aromatic carbocycles. The molecule has 0 aliphatic carbocycles. The normalized spacial score (nSPS) is 7.60. The van der Waals surface area contributed by atoms with Gasteiger partial charge in [-0.3, -0.25) is 0 Å². The number of carbonyl (C=O) groups is 2. The van der Waals surface area contributed by atoms with Gasteiger partial charge in [0.05, 0.1) is 0 Å². The molecule has 4 nitrogen and oxygen atoms in total.